The van der Waals surface area contributed by atoms with Gasteiger partial charge in [0.1, 0.15) is 11.3 Å². The van der Waals surface area contributed by atoms with Crippen molar-refractivity contribution in [3.8, 4) is 33.0 Å². The molecule has 0 spiro atoms. The van der Waals surface area contributed by atoms with Gasteiger partial charge in [0, 0.05) is 50.2 Å². The molecule has 6 rings (SSSR count). The van der Waals surface area contributed by atoms with Crippen molar-refractivity contribution in [1.29, 1.82) is 0 Å². The highest BCUT2D eigenvalue weighted by Crippen LogP contribution is 2.38. The maximum atomic E-state index is 4.64. The maximum absolute atomic E-state index is 4.64. The van der Waals surface area contributed by atoms with Gasteiger partial charge < -0.3 is 4.98 Å². The zero-order chi connectivity index (χ0) is 22.5. The van der Waals surface area contributed by atoms with Gasteiger partial charge in [0.2, 0.25) is 0 Å². The fraction of sp³-hybridized carbons (Fsp3) is 0.0741. The van der Waals surface area contributed by atoms with E-state index in [1.54, 1.807) is 11.3 Å². The minimum Gasteiger partial charge on any atom is -0.338 e. The molecule has 0 aliphatic rings. The van der Waals surface area contributed by atoms with Crippen LogP contribution in [0.4, 0.5) is 0 Å². The van der Waals surface area contributed by atoms with E-state index in [2.05, 4.69) is 81.1 Å². The molecule has 0 radical (unpaired) electrons. The van der Waals surface area contributed by atoms with E-state index >= 15 is 0 Å². The number of rotatable bonds is 4. The van der Waals surface area contributed by atoms with Crippen LogP contribution in [0, 0.1) is 6.92 Å². The molecule has 0 saturated heterocycles. The van der Waals surface area contributed by atoms with Crippen molar-refractivity contribution >= 4 is 38.8 Å². The Morgan fingerprint density at radius 3 is 2.70 bits per heavy atom. The first kappa shape index (κ1) is 19.6. The molecule has 5 aromatic heterocycles. The fourth-order valence-corrected chi connectivity index (χ4v) is 5.21. The number of fused-ring (bicyclic) bond motifs is 2. The second-order valence-electron chi connectivity index (χ2n) is 8.27. The lowest BCUT2D eigenvalue weighted by Gasteiger charge is -2.05. The van der Waals surface area contributed by atoms with Crippen LogP contribution in [-0.4, -0.2) is 25.1 Å². The summed E-state index contributed by atoms with van der Waals surface area (Å²) in [6.07, 6.45) is 5.59. The average molecular weight is 448 g/mol. The lowest BCUT2D eigenvalue weighted by atomic mass is 10.0. The van der Waals surface area contributed by atoms with Crippen LogP contribution in [0.1, 0.15) is 17.4 Å². The highest BCUT2D eigenvalue weighted by molar-refractivity contribution is 7.16. The third-order valence-corrected chi connectivity index (χ3v) is 7.27. The molecule has 2 N–H and O–H groups in total. The van der Waals surface area contributed by atoms with Gasteiger partial charge in [-0.2, -0.15) is 5.10 Å². The van der Waals surface area contributed by atoms with E-state index in [9.17, 15) is 0 Å². The van der Waals surface area contributed by atoms with Crippen molar-refractivity contribution in [3.63, 3.8) is 0 Å². The van der Waals surface area contributed by atoms with Gasteiger partial charge >= 0.3 is 0 Å². The van der Waals surface area contributed by atoms with E-state index in [0.29, 0.717) is 0 Å². The summed E-state index contributed by atoms with van der Waals surface area (Å²) in [6.45, 7) is 8.21. The molecule has 5 heterocycles. The van der Waals surface area contributed by atoms with E-state index in [1.165, 1.54) is 15.3 Å². The Labute approximate surface area is 194 Å². The van der Waals surface area contributed by atoms with Crippen LogP contribution in [0.25, 0.3) is 60.5 Å². The standard InChI is InChI=1S/C27H21N5S/c1-15(2)24-6-7-25(33-24)18-9-11-29-27-19(18)13-23(30-27)26-20-12-17(4-5-22(20)31-32-26)21-14-28-10-8-16(21)3/h4-14H,1H2,2-3H3,(H,29,30)(H,31,32). The zero-order valence-corrected chi connectivity index (χ0v) is 19.1. The second-order valence-corrected chi connectivity index (χ2v) is 9.35. The van der Waals surface area contributed by atoms with Crippen LogP contribution in [-0.2, 0) is 0 Å². The van der Waals surface area contributed by atoms with Gasteiger partial charge in [-0.15, -0.1) is 11.3 Å². The summed E-state index contributed by atoms with van der Waals surface area (Å²) in [4.78, 5) is 14.8. The number of nitrogens with zero attached hydrogens (tertiary/aromatic N) is 3. The molecule has 6 heteroatoms. The summed E-state index contributed by atoms with van der Waals surface area (Å²) in [5.74, 6) is 0. The van der Waals surface area contributed by atoms with Gasteiger partial charge in [0.25, 0.3) is 0 Å². The largest absolute Gasteiger partial charge is 0.338 e. The number of benzene rings is 1. The lowest BCUT2D eigenvalue weighted by Crippen LogP contribution is -1.85. The maximum Gasteiger partial charge on any atom is 0.138 e. The molecule has 1 aromatic carbocycles. The molecule has 0 bridgehead atoms. The molecule has 0 aliphatic heterocycles. The van der Waals surface area contributed by atoms with Crippen molar-refractivity contribution in [3.05, 3.63) is 84.1 Å². The number of H-pyrrole nitrogens is 2. The number of nitrogens with one attached hydrogen (secondary N) is 2. The van der Waals surface area contributed by atoms with Gasteiger partial charge in [0.05, 0.1) is 11.2 Å². The molecule has 0 amide bonds. The fourth-order valence-electron chi connectivity index (χ4n) is 4.23. The van der Waals surface area contributed by atoms with Crippen molar-refractivity contribution in [2.45, 2.75) is 13.8 Å². The van der Waals surface area contributed by atoms with Crippen LogP contribution >= 0.6 is 11.3 Å². The second kappa shape index (κ2) is 7.53. The zero-order valence-electron chi connectivity index (χ0n) is 18.3. The van der Waals surface area contributed by atoms with Crippen molar-refractivity contribution in [2.24, 2.45) is 0 Å². The number of hydrogen-bond donors (Lipinski definition) is 2. The molecule has 0 fully saturated rings. The SMILES string of the molecule is C=C(C)c1ccc(-c2ccnc3[nH]c(-c4n[nH]c5ccc(-c6cnccc6C)cc45)cc23)s1. The van der Waals surface area contributed by atoms with E-state index < -0.39 is 0 Å². The lowest BCUT2D eigenvalue weighted by molar-refractivity contribution is 1.12. The molecule has 6 aromatic rings. The van der Waals surface area contributed by atoms with E-state index in [0.717, 1.165) is 55.6 Å². The summed E-state index contributed by atoms with van der Waals surface area (Å²) < 4.78 is 0. The smallest absolute Gasteiger partial charge is 0.138 e. The Balaban J connectivity index is 1.49. The van der Waals surface area contributed by atoms with Crippen LogP contribution in [0.3, 0.4) is 0 Å². The van der Waals surface area contributed by atoms with Crippen LogP contribution < -0.4 is 0 Å². The van der Waals surface area contributed by atoms with Crippen molar-refractivity contribution in [2.75, 3.05) is 0 Å². The number of pyridine rings is 2. The predicted molar refractivity (Wildman–Crippen MR) is 137 cm³/mol. The first-order valence-electron chi connectivity index (χ1n) is 10.7. The summed E-state index contributed by atoms with van der Waals surface area (Å²) in [7, 11) is 0. The van der Waals surface area contributed by atoms with Crippen molar-refractivity contribution in [1.82, 2.24) is 25.1 Å². The Morgan fingerprint density at radius 1 is 0.970 bits per heavy atom. The van der Waals surface area contributed by atoms with Crippen molar-refractivity contribution < 1.29 is 0 Å². The average Bonchev–Trinajstić information content (AvgIpc) is 3.56. The first-order valence-corrected chi connectivity index (χ1v) is 11.5. The quantitative estimate of drug-likeness (QED) is 0.299. The molecular weight excluding hydrogens is 426 g/mol. The van der Waals surface area contributed by atoms with Crippen LogP contribution in [0.2, 0.25) is 0 Å². The highest BCUT2D eigenvalue weighted by Gasteiger charge is 2.16. The minimum absolute atomic E-state index is 0.850. The summed E-state index contributed by atoms with van der Waals surface area (Å²) >= 11 is 1.75. The molecule has 160 valence electrons. The number of aromatic amines is 2. The predicted octanol–water partition coefficient (Wildman–Crippen LogP) is 7.24. The molecule has 0 unspecified atom stereocenters. The monoisotopic (exact) mass is 447 g/mol. The number of aryl methyl sites for hydroxylation is 1. The Bertz CT molecular complexity index is 1670. The Kier molecular flexibility index (Phi) is 4.48. The number of hydrogen-bond acceptors (Lipinski definition) is 4. The number of allylic oxidation sites excluding steroid dienone is 1. The van der Waals surface area contributed by atoms with Crippen LogP contribution in [0.5, 0.6) is 0 Å². The molecule has 0 aliphatic carbocycles. The minimum atomic E-state index is 0.850. The topological polar surface area (TPSA) is 70.2 Å². The van der Waals surface area contributed by atoms with Gasteiger partial charge in [-0.05, 0) is 73.0 Å². The molecule has 0 atom stereocenters. The molecular formula is C27H21N5S. The normalized spacial score (nSPS) is 11.5. The van der Waals surface area contributed by atoms with Gasteiger partial charge in [-0.25, -0.2) is 4.98 Å². The first-order chi connectivity index (χ1) is 16.1. The Hall–Kier alpha value is -4.03. The highest BCUT2D eigenvalue weighted by atomic mass is 32.1. The van der Waals surface area contributed by atoms with E-state index in [4.69, 9.17) is 0 Å². The van der Waals surface area contributed by atoms with Gasteiger partial charge in [0.15, 0.2) is 0 Å². The van der Waals surface area contributed by atoms with Gasteiger partial charge in [-0.3, -0.25) is 10.1 Å². The summed E-state index contributed by atoms with van der Waals surface area (Å²) in [5, 5.41) is 9.95. The third kappa shape index (κ3) is 3.27. The number of thiophene rings is 1. The number of aromatic nitrogens is 5. The van der Waals surface area contributed by atoms with E-state index in [1.807, 2.05) is 31.6 Å². The molecule has 33 heavy (non-hydrogen) atoms. The third-order valence-electron chi connectivity index (χ3n) is 5.99. The summed E-state index contributed by atoms with van der Waals surface area (Å²) in [6, 6.07) is 16.9. The van der Waals surface area contributed by atoms with Gasteiger partial charge in [-0.1, -0.05) is 12.6 Å². The molecule has 5 nitrogen and oxygen atoms in total. The molecule has 0 saturated carbocycles. The summed E-state index contributed by atoms with van der Waals surface area (Å²) in [5.41, 5.74) is 9.34. The van der Waals surface area contributed by atoms with E-state index in [-0.39, 0.29) is 0 Å². The Morgan fingerprint density at radius 2 is 1.88 bits per heavy atom. The van der Waals surface area contributed by atoms with Crippen LogP contribution in [0.15, 0.2) is 73.7 Å².